The fourth-order valence-corrected chi connectivity index (χ4v) is 1.18. The molecule has 0 saturated heterocycles. The van der Waals surface area contributed by atoms with Crippen LogP contribution in [0.3, 0.4) is 0 Å². The summed E-state index contributed by atoms with van der Waals surface area (Å²) in [7, 11) is 0. The number of hydrogen-bond donors (Lipinski definition) is 2. The van der Waals surface area contributed by atoms with Crippen LogP contribution >= 0.6 is 0 Å². The van der Waals surface area contributed by atoms with Gasteiger partial charge in [0.15, 0.2) is 0 Å². The highest BCUT2D eigenvalue weighted by atomic mass is 19.1. The van der Waals surface area contributed by atoms with Crippen LogP contribution in [0.4, 0.5) is 4.39 Å². The lowest BCUT2D eigenvalue weighted by Crippen LogP contribution is -2.33. The summed E-state index contributed by atoms with van der Waals surface area (Å²) in [5.74, 6) is -1.22. The van der Waals surface area contributed by atoms with Crippen LogP contribution < -0.4 is 5.32 Å². The normalized spacial score (nSPS) is 12.5. The Morgan fingerprint density at radius 2 is 2.27 bits per heavy atom. The molecule has 15 heavy (non-hydrogen) atoms. The molecule has 1 rings (SSSR count). The summed E-state index contributed by atoms with van der Waals surface area (Å²) in [5.41, 5.74) is 1.73. The number of carbonyl (C=O) groups is 1. The van der Waals surface area contributed by atoms with Gasteiger partial charge in [-0.05, 0) is 37.1 Å². The molecule has 0 bridgehead atoms. The van der Waals surface area contributed by atoms with E-state index in [0.717, 1.165) is 11.1 Å². The molecule has 1 aromatic carbocycles. The number of rotatable bonds is 4. The zero-order valence-electron chi connectivity index (χ0n) is 8.75. The molecule has 0 amide bonds. The first kappa shape index (κ1) is 11.7. The van der Waals surface area contributed by atoms with Gasteiger partial charge in [-0.15, -0.1) is 0 Å². The highest BCUT2D eigenvalue weighted by Gasteiger charge is 2.10. The number of carboxylic acids is 1. The summed E-state index contributed by atoms with van der Waals surface area (Å²) in [6, 6.07) is 3.85. The number of benzene rings is 1. The van der Waals surface area contributed by atoms with Crippen LogP contribution in [0, 0.1) is 12.7 Å². The van der Waals surface area contributed by atoms with Crippen molar-refractivity contribution in [3.63, 3.8) is 0 Å². The molecule has 0 aromatic heterocycles. The molecule has 3 nitrogen and oxygen atoms in total. The van der Waals surface area contributed by atoms with Gasteiger partial charge in [0.25, 0.3) is 0 Å². The van der Waals surface area contributed by atoms with E-state index in [0.29, 0.717) is 6.54 Å². The van der Waals surface area contributed by atoms with Crippen molar-refractivity contribution >= 4 is 5.97 Å². The van der Waals surface area contributed by atoms with Crippen molar-refractivity contribution < 1.29 is 14.3 Å². The fourth-order valence-electron chi connectivity index (χ4n) is 1.18. The van der Waals surface area contributed by atoms with E-state index in [1.54, 1.807) is 13.0 Å². The van der Waals surface area contributed by atoms with Gasteiger partial charge in [0.05, 0.1) is 0 Å². The molecule has 0 unspecified atom stereocenters. The van der Waals surface area contributed by atoms with E-state index >= 15 is 0 Å². The number of carboxylic acid groups (broad SMARTS) is 1. The standard InChI is InChI=1S/C11H14FNO2/c1-7-3-4-10(12)5-9(7)6-13-8(2)11(14)15/h3-5,8,13H,6H2,1-2H3,(H,14,15)/t8-/m1/s1. The van der Waals surface area contributed by atoms with Crippen molar-refractivity contribution in [2.75, 3.05) is 0 Å². The third kappa shape index (κ3) is 3.32. The average Bonchev–Trinajstić information content (AvgIpc) is 2.18. The molecule has 0 saturated carbocycles. The Morgan fingerprint density at radius 1 is 1.60 bits per heavy atom. The van der Waals surface area contributed by atoms with Gasteiger partial charge in [0, 0.05) is 6.54 Å². The maximum Gasteiger partial charge on any atom is 0.320 e. The van der Waals surface area contributed by atoms with E-state index in [4.69, 9.17) is 5.11 Å². The molecule has 1 aromatic rings. The molecule has 0 heterocycles. The molecule has 82 valence electrons. The lowest BCUT2D eigenvalue weighted by atomic mass is 10.1. The second-order valence-corrected chi connectivity index (χ2v) is 3.51. The molecule has 4 heteroatoms. The van der Waals surface area contributed by atoms with Gasteiger partial charge < -0.3 is 10.4 Å². The second-order valence-electron chi connectivity index (χ2n) is 3.51. The largest absolute Gasteiger partial charge is 0.480 e. The summed E-state index contributed by atoms with van der Waals surface area (Å²) < 4.78 is 12.9. The van der Waals surface area contributed by atoms with E-state index in [1.165, 1.54) is 12.1 Å². The lowest BCUT2D eigenvalue weighted by Gasteiger charge is -2.10. The smallest absolute Gasteiger partial charge is 0.320 e. The van der Waals surface area contributed by atoms with E-state index in [-0.39, 0.29) is 5.82 Å². The quantitative estimate of drug-likeness (QED) is 0.796. The Morgan fingerprint density at radius 3 is 2.87 bits per heavy atom. The minimum atomic E-state index is -0.913. The number of hydrogen-bond acceptors (Lipinski definition) is 2. The summed E-state index contributed by atoms with van der Waals surface area (Å²) in [4.78, 5) is 10.5. The topological polar surface area (TPSA) is 49.3 Å². The lowest BCUT2D eigenvalue weighted by molar-refractivity contribution is -0.139. The molecule has 0 spiro atoms. The van der Waals surface area contributed by atoms with Crippen LogP contribution in [-0.2, 0) is 11.3 Å². The fraction of sp³-hybridized carbons (Fsp3) is 0.364. The Bertz CT molecular complexity index is 366. The molecular formula is C11H14FNO2. The Balaban J connectivity index is 2.65. The molecule has 0 radical (unpaired) electrons. The van der Waals surface area contributed by atoms with Gasteiger partial charge >= 0.3 is 5.97 Å². The monoisotopic (exact) mass is 211 g/mol. The Labute approximate surface area is 87.9 Å². The van der Waals surface area contributed by atoms with Crippen LogP contribution in [0.2, 0.25) is 0 Å². The molecular weight excluding hydrogens is 197 g/mol. The highest BCUT2D eigenvalue weighted by Crippen LogP contribution is 2.09. The zero-order valence-corrected chi connectivity index (χ0v) is 8.75. The van der Waals surface area contributed by atoms with Crippen LogP contribution in [0.1, 0.15) is 18.1 Å². The summed E-state index contributed by atoms with van der Waals surface area (Å²) in [6.45, 7) is 3.77. The zero-order chi connectivity index (χ0) is 11.4. The summed E-state index contributed by atoms with van der Waals surface area (Å²) in [5, 5.41) is 11.4. The van der Waals surface area contributed by atoms with Crippen LogP contribution in [0.15, 0.2) is 18.2 Å². The van der Waals surface area contributed by atoms with Crippen LogP contribution in [0.25, 0.3) is 0 Å². The van der Waals surface area contributed by atoms with E-state index in [9.17, 15) is 9.18 Å². The SMILES string of the molecule is Cc1ccc(F)cc1CN[C@H](C)C(=O)O. The second kappa shape index (κ2) is 4.89. The number of nitrogens with one attached hydrogen (secondary N) is 1. The third-order valence-corrected chi connectivity index (χ3v) is 2.28. The van der Waals surface area contributed by atoms with Gasteiger partial charge in [-0.25, -0.2) is 4.39 Å². The highest BCUT2D eigenvalue weighted by molar-refractivity contribution is 5.72. The molecule has 2 N–H and O–H groups in total. The van der Waals surface area contributed by atoms with Gasteiger partial charge in [-0.3, -0.25) is 4.79 Å². The molecule has 0 aliphatic heterocycles. The van der Waals surface area contributed by atoms with Crippen molar-refractivity contribution in [1.29, 1.82) is 0 Å². The minimum Gasteiger partial charge on any atom is -0.480 e. The predicted octanol–water partition coefficient (Wildman–Crippen LogP) is 1.70. The molecule has 0 fully saturated rings. The third-order valence-electron chi connectivity index (χ3n) is 2.28. The van der Waals surface area contributed by atoms with Crippen molar-refractivity contribution in [2.45, 2.75) is 26.4 Å². The first-order valence-corrected chi connectivity index (χ1v) is 4.72. The molecule has 0 aliphatic rings. The van der Waals surface area contributed by atoms with Crippen molar-refractivity contribution in [2.24, 2.45) is 0 Å². The van der Waals surface area contributed by atoms with Crippen molar-refractivity contribution in [3.8, 4) is 0 Å². The summed E-state index contributed by atoms with van der Waals surface area (Å²) >= 11 is 0. The predicted molar refractivity (Wildman–Crippen MR) is 55.1 cm³/mol. The van der Waals surface area contributed by atoms with Gasteiger partial charge in [0.2, 0.25) is 0 Å². The Kier molecular flexibility index (Phi) is 3.80. The van der Waals surface area contributed by atoms with E-state index in [1.807, 2.05) is 6.92 Å². The average molecular weight is 211 g/mol. The van der Waals surface area contributed by atoms with E-state index < -0.39 is 12.0 Å². The van der Waals surface area contributed by atoms with Crippen molar-refractivity contribution in [1.82, 2.24) is 5.32 Å². The Hall–Kier alpha value is -1.42. The van der Waals surface area contributed by atoms with E-state index in [2.05, 4.69) is 5.32 Å². The first-order chi connectivity index (χ1) is 7.00. The maximum absolute atomic E-state index is 12.9. The minimum absolute atomic E-state index is 0.305. The number of halogens is 1. The van der Waals surface area contributed by atoms with Gasteiger partial charge in [-0.1, -0.05) is 6.07 Å². The maximum atomic E-state index is 12.9. The number of aryl methyl sites for hydroxylation is 1. The first-order valence-electron chi connectivity index (χ1n) is 4.72. The molecule has 1 atom stereocenters. The molecule has 0 aliphatic carbocycles. The summed E-state index contributed by atoms with van der Waals surface area (Å²) in [6.07, 6.45) is 0. The van der Waals surface area contributed by atoms with Crippen LogP contribution in [-0.4, -0.2) is 17.1 Å². The van der Waals surface area contributed by atoms with Crippen LogP contribution in [0.5, 0.6) is 0 Å². The van der Waals surface area contributed by atoms with Gasteiger partial charge in [-0.2, -0.15) is 0 Å². The number of aliphatic carboxylic acids is 1. The van der Waals surface area contributed by atoms with Gasteiger partial charge in [0.1, 0.15) is 11.9 Å². The van der Waals surface area contributed by atoms with Crippen molar-refractivity contribution in [3.05, 3.63) is 35.1 Å².